The Morgan fingerprint density at radius 1 is 0.300 bits per heavy atom. The topological polar surface area (TPSA) is 237 Å². The lowest BCUT2D eigenvalue weighted by Gasteiger charge is -2.21. The smallest absolute Gasteiger partial charge is 0.462 e. The van der Waals surface area contributed by atoms with Gasteiger partial charge in [0.1, 0.15) is 19.3 Å². The number of hydrogen-bond donors (Lipinski definition) is 3. The molecule has 0 rings (SSSR count). The van der Waals surface area contributed by atoms with Crippen LogP contribution < -0.4 is 0 Å². The van der Waals surface area contributed by atoms with Crippen molar-refractivity contribution in [3.05, 3.63) is 0 Å². The van der Waals surface area contributed by atoms with E-state index in [0.29, 0.717) is 31.6 Å². The first-order valence-electron chi connectivity index (χ1n) is 36.8. The molecule has 17 nitrogen and oxygen atoms in total. The fraction of sp³-hybridized carbons (Fsp3) is 0.944. The number of ether oxygens (including phenoxy) is 4. The van der Waals surface area contributed by atoms with Crippen LogP contribution in [0.2, 0.25) is 0 Å². The van der Waals surface area contributed by atoms with Crippen molar-refractivity contribution in [1.82, 2.24) is 0 Å². The van der Waals surface area contributed by atoms with Crippen molar-refractivity contribution in [1.29, 1.82) is 0 Å². The van der Waals surface area contributed by atoms with Crippen LogP contribution >= 0.6 is 15.6 Å². The molecule has 0 bridgehead atoms. The number of phosphoric acid groups is 2. The lowest BCUT2D eigenvalue weighted by molar-refractivity contribution is -0.161. The van der Waals surface area contributed by atoms with E-state index >= 15 is 0 Å². The van der Waals surface area contributed by atoms with Gasteiger partial charge in [0.25, 0.3) is 0 Å². The van der Waals surface area contributed by atoms with Gasteiger partial charge in [-0.2, -0.15) is 0 Å². The quantitative estimate of drug-likeness (QED) is 0.0222. The van der Waals surface area contributed by atoms with Gasteiger partial charge in [0, 0.05) is 25.7 Å². The number of aliphatic hydroxyl groups is 1. The molecule has 0 fully saturated rings. The van der Waals surface area contributed by atoms with Crippen LogP contribution in [0, 0.1) is 17.8 Å². The van der Waals surface area contributed by atoms with Crippen molar-refractivity contribution in [2.24, 2.45) is 17.8 Å². The van der Waals surface area contributed by atoms with E-state index in [1.165, 1.54) is 161 Å². The van der Waals surface area contributed by atoms with Gasteiger partial charge in [0.2, 0.25) is 0 Å². The molecule has 534 valence electrons. The van der Waals surface area contributed by atoms with Crippen LogP contribution in [0.1, 0.15) is 357 Å². The molecule has 3 N–H and O–H groups in total. The molecule has 0 aromatic rings. The average molecular weight is 1330 g/mol. The highest BCUT2D eigenvalue weighted by Crippen LogP contribution is 2.45. The lowest BCUT2D eigenvalue weighted by Crippen LogP contribution is -2.30. The Morgan fingerprint density at radius 3 is 0.756 bits per heavy atom. The maximum Gasteiger partial charge on any atom is 0.472 e. The van der Waals surface area contributed by atoms with Gasteiger partial charge in [0.05, 0.1) is 26.4 Å². The highest BCUT2D eigenvalue weighted by molar-refractivity contribution is 7.47. The summed E-state index contributed by atoms with van der Waals surface area (Å²) >= 11 is 0. The van der Waals surface area contributed by atoms with E-state index in [1.54, 1.807) is 0 Å². The standard InChI is InChI=1S/C71H138O17P2/c1-8-9-10-11-12-31-38-45-52-68(73)81-58-67(88-71(76)55-48-41-34-27-30-37-44-51-64(6)7)61-86-90(79,80)84-57-65(72)56-83-89(77,78)85-60-66(87-70(75)54-47-40-33-26-22-18-14-16-20-24-29-36-43-50-63(4)5)59-82-69(74)53-46-39-32-25-21-17-13-15-19-23-28-35-42-49-62(2)3/h62-67,72H,8-61H2,1-7H3,(H,77,78)(H,79,80)/t65-,66-,67-/m1/s1. The summed E-state index contributed by atoms with van der Waals surface area (Å²) in [7, 11) is -9.90. The summed E-state index contributed by atoms with van der Waals surface area (Å²) in [4.78, 5) is 72.5. The summed E-state index contributed by atoms with van der Waals surface area (Å²) in [5, 5.41) is 10.6. The van der Waals surface area contributed by atoms with Crippen molar-refractivity contribution in [3.63, 3.8) is 0 Å². The summed E-state index contributed by atoms with van der Waals surface area (Å²) in [5.74, 6) is 0.145. The third kappa shape index (κ3) is 64.8. The van der Waals surface area contributed by atoms with E-state index in [2.05, 4.69) is 48.5 Å². The molecule has 0 heterocycles. The molecular weight excluding hydrogens is 1190 g/mol. The first-order valence-corrected chi connectivity index (χ1v) is 39.8. The fourth-order valence-electron chi connectivity index (χ4n) is 10.7. The minimum atomic E-state index is -4.95. The van der Waals surface area contributed by atoms with Crippen LogP contribution in [0.5, 0.6) is 0 Å². The molecule has 0 aliphatic carbocycles. The molecule has 0 amide bonds. The van der Waals surface area contributed by atoms with Crippen LogP contribution in [0.15, 0.2) is 0 Å². The van der Waals surface area contributed by atoms with Gasteiger partial charge in [-0.3, -0.25) is 37.3 Å². The fourth-order valence-corrected chi connectivity index (χ4v) is 12.3. The summed E-state index contributed by atoms with van der Waals surface area (Å²) in [5.41, 5.74) is 0. The van der Waals surface area contributed by atoms with E-state index in [1.807, 2.05) is 0 Å². The van der Waals surface area contributed by atoms with Crippen molar-refractivity contribution in [2.75, 3.05) is 39.6 Å². The van der Waals surface area contributed by atoms with E-state index in [0.717, 1.165) is 108 Å². The van der Waals surface area contributed by atoms with E-state index < -0.39 is 97.5 Å². The van der Waals surface area contributed by atoms with Gasteiger partial charge < -0.3 is 33.8 Å². The Labute approximate surface area is 549 Å². The molecule has 0 aromatic carbocycles. The van der Waals surface area contributed by atoms with Gasteiger partial charge in [-0.25, -0.2) is 9.13 Å². The molecular formula is C71H138O17P2. The van der Waals surface area contributed by atoms with E-state index in [4.69, 9.17) is 37.0 Å². The third-order valence-electron chi connectivity index (χ3n) is 16.4. The molecule has 0 aliphatic rings. The second kappa shape index (κ2) is 61.9. The molecule has 19 heteroatoms. The number of rotatable bonds is 69. The highest BCUT2D eigenvalue weighted by atomic mass is 31.2. The van der Waals surface area contributed by atoms with Gasteiger partial charge >= 0.3 is 39.5 Å². The van der Waals surface area contributed by atoms with Crippen molar-refractivity contribution in [2.45, 2.75) is 375 Å². The number of carbonyl (C=O) groups excluding carboxylic acids is 4. The zero-order valence-electron chi connectivity index (χ0n) is 58.6. The van der Waals surface area contributed by atoms with E-state index in [-0.39, 0.29) is 25.7 Å². The third-order valence-corrected chi connectivity index (χ3v) is 18.3. The van der Waals surface area contributed by atoms with Gasteiger partial charge in [-0.05, 0) is 43.4 Å². The molecule has 0 radical (unpaired) electrons. The van der Waals surface area contributed by atoms with Crippen LogP contribution in [0.3, 0.4) is 0 Å². The normalized spacial score (nSPS) is 14.2. The van der Waals surface area contributed by atoms with Crippen LogP contribution in [-0.2, 0) is 65.4 Å². The number of aliphatic hydroxyl groups excluding tert-OH is 1. The van der Waals surface area contributed by atoms with Gasteiger partial charge in [0.15, 0.2) is 12.2 Å². The summed E-state index contributed by atoms with van der Waals surface area (Å²) in [6, 6.07) is 0. The molecule has 0 spiro atoms. The zero-order valence-corrected chi connectivity index (χ0v) is 60.4. The van der Waals surface area contributed by atoms with Crippen LogP contribution in [-0.4, -0.2) is 96.7 Å². The first-order chi connectivity index (χ1) is 43.2. The number of hydrogen-bond acceptors (Lipinski definition) is 15. The van der Waals surface area contributed by atoms with Crippen molar-refractivity contribution >= 4 is 39.5 Å². The molecule has 90 heavy (non-hydrogen) atoms. The van der Waals surface area contributed by atoms with Crippen LogP contribution in [0.4, 0.5) is 0 Å². The highest BCUT2D eigenvalue weighted by Gasteiger charge is 2.30. The summed E-state index contributed by atoms with van der Waals surface area (Å²) in [6.45, 7) is 11.8. The predicted octanol–water partition coefficient (Wildman–Crippen LogP) is 20.2. The monoisotopic (exact) mass is 1320 g/mol. The molecule has 0 aliphatic heterocycles. The number of unbranched alkanes of at least 4 members (excludes halogenated alkanes) is 37. The Kier molecular flexibility index (Phi) is 60.6. The first kappa shape index (κ1) is 88.1. The van der Waals surface area contributed by atoms with Crippen molar-refractivity contribution in [3.8, 4) is 0 Å². The Balaban J connectivity index is 5.21. The summed E-state index contributed by atoms with van der Waals surface area (Å²) < 4.78 is 68.2. The molecule has 2 unspecified atom stereocenters. The Bertz CT molecular complexity index is 1770. The molecule has 0 saturated carbocycles. The second-order valence-electron chi connectivity index (χ2n) is 27.1. The zero-order chi connectivity index (χ0) is 66.6. The maximum absolute atomic E-state index is 13.0. The van der Waals surface area contributed by atoms with Gasteiger partial charge in [-0.1, -0.05) is 305 Å². The Hall–Kier alpha value is -1.94. The van der Waals surface area contributed by atoms with Gasteiger partial charge in [-0.15, -0.1) is 0 Å². The number of esters is 4. The second-order valence-corrected chi connectivity index (χ2v) is 30.0. The minimum Gasteiger partial charge on any atom is -0.462 e. The predicted molar refractivity (Wildman–Crippen MR) is 363 cm³/mol. The Morgan fingerprint density at radius 2 is 0.511 bits per heavy atom. The maximum atomic E-state index is 13.0. The minimum absolute atomic E-state index is 0.103. The number of carbonyl (C=O) groups is 4. The molecule has 0 aromatic heterocycles. The van der Waals surface area contributed by atoms with E-state index in [9.17, 15) is 43.2 Å². The van der Waals surface area contributed by atoms with Crippen LogP contribution in [0.25, 0.3) is 0 Å². The SMILES string of the molecule is CCCCCCCCCCC(=O)OC[C@H](COP(=O)(O)OC[C@H](O)COP(=O)(O)OC[C@@H](COC(=O)CCCCCCCCCCCCCCCC(C)C)OC(=O)CCCCCCCCCCCCCCCC(C)C)OC(=O)CCCCCCCCCC(C)C. The number of phosphoric ester groups is 2. The molecule has 5 atom stereocenters. The molecule has 0 saturated heterocycles. The van der Waals surface area contributed by atoms with Crippen molar-refractivity contribution < 1.29 is 80.2 Å². The average Bonchev–Trinajstić information content (AvgIpc) is 3.09. The summed E-state index contributed by atoms with van der Waals surface area (Å²) in [6.07, 6.45) is 46.0. The largest absolute Gasteiger partial charge is 0.472 e. The lowest BCUT2D eigenvalue weighted by atomic mass is 10.0.